The summed E-state index contributed by atoms with van der Waals surface area (Å²) in [5.41, 5.74) is 6.52. The maximum absolute atomic E-state index is 13.3. The Labute approximate surface area is 112 Å². The fraction of sp³-hybridized carbons (Fsp3) is 0.600. The molecule has 2 aliphatic heterocycles. The predicted octanol–water partition coefficient (Wildman–Crippen LogP) is 2.94. The maximum Gasteiger partial charge on any atom is 0.125 e. The lowest BCUT2D eigenvalue weighted by Gasteiger charge is -2.48. The minimum absolute atomic E-state index is 0.173. The third-order valence-electron chi connectivity index (χ3n) is 4.09. The van der Waals surface area contributed by atoms with E-state index in [1.54, 1.807) is 6.07 Å². The van der Waals surface area contributed by atoms with Crippen molar-refractivity contribution in [3.63, 3.8) is 0 Å². The SMILES string of the molecule is CC1(C)CC2(CCO1)CC(N)c1cc(F)ccc1O2. The molecule has 2 unspecified atom stereocenters. The van der Waals surface area contributed by atoms with Gasteiger partial charge in [-0.1, -0.05) is 0 Å². The van der Waals surface area contributed by atoms with E-state index in [9.17, 15) is 4.39 Å². The molecule has 1 saturated heterocycles. The van der Waals surface area contributed by atoms with Crippen molar-refractivity contribution in [2.24, 2.45) is 5.73 Å². The molecule has 2 heterocycles. The zero-order valence-electron chi connectivity index (χ0n) is 11.4. The second kappa shape index (κ2) is 4.18. The van der Waals surface area contributed by atoms with Crippen LogP contribution in [-0.4, -0.2) is 17.8 Å². The average molecular weight is 265 g/mol. The van der Waals surface area contributed by atoms with Crippen LogP contribution in [0.1, 0.15) is 44.7 Å². The largest absolute Gasteiger partial charge is 0.487 e. The number of fused-ring (bicyclic) bond motifs is 1. The summed E-state index contributed by atoms with van der Waals surface area (Å²) in [6.07, 6.45) is 2.36. The van der Waals surface area contributed by atoms with Crippen LogP contribution >= 0.6 is 0 Å². The quantitative estimate of drug-likeness (QED) is 0.784. The molecule has 2 N–H and O–H groups in total. The Bertz CT molecular complexity index is 503. The molecule has 3 rings (SSSR count). The van der Waals surface area contributed by atoms with Gasteiger partial charge in [-0.15, -0.1) is 0 Å². The van der Waals surface area contributed by atoms with Crippen LogP contribution in [0.3, 0.4) is 0 Å². The lowest BCUT2D eigenvalue weighted by molar-refractivity contribution is -0.141. The van der Waals surface area contributed by atoms with Crippen molar-refractivity contribution in [1.82, 2.24) is 0 Å². The molecule has 1 aromatic carbocycles. The molecule has 0 saturated carbocycles. The Morgan fingerprint density at radius 1 is 1.37 bits per heavy atom. The van der Waals surface area contributed by atoms with E-state index in [1.165, 1.54) is 12.1 Å². The first-order chi connectivity index (χ1) is 8.89. The maximum atomic E-state index is 13.3. The van der Waals surface area contributed by atoms with Gasteiger partial charge in [-0.25, -0.2) is 4.39 Å². The smallest absolute Gasteiger partial charge is 0.125 e. The zero-order chi connectivity index (χ0) is 13.7. The van der Waals surface area contributed by atoms with E-state index in [1.807, 2.05) is 0 Å². The number of nitrogens with two attached hydrogens (primary N) is 1. The predicted molar refractivity (Wildman–Crippen MR) is 70.6 cm³/mol. The fourth-order valence-corrected chi connectivity index (χ4v) is 3.38. The summed E-state index contributed by atoms with van der Waals surface area (Å²) in [5, 5.41) is 0. The van der Waals surface area contributed by atoms with Crippen molar-refractivity contribution >= 4 is 0 Å². The minimum Gasteiger partial charge on any atom is -0.487 e. The van der Waals surface area contributed by atoms with Gasteiger partial charge in [0.25, 0.3) is 0 Å². The van der Waals surface area contributed by atoms with Crippen LogP contribution in [0.15, 0.2) is 18.2 Å². The van der Waals surface area contributed by atoms with Crippen molar-refractivity contribution in [1.29, 1.82) is 0 Å². The van der Waals surface area contributed by atoms with E-state index >= 15 is 0 Å². The van der Waals surface area contributed by atoms with Crippen LogP contribution in [0, 0.1) is 5.82 Å². The Hall–Kier alpha value is -1.13. The summed E-state index contributed by atoms with van der Waals surface area (Å²) >= 11 is 0. The molecular formula is C15H20FNO2. The number of hydrogen-bond acceptors (Lipinski definition) is 3. The van der Waals surface area contributed by atoms with Crippen molar-refractivity contribution in [3.8, 4) is 5.75 Å². The molecule has 1 spiro atoms. The molecule has 0 amide bonds. The molecule has 1 fully saturated rings. The van der Waals surface area contributed by atoms with Crippen LogP contribution in [-0.2, 0) is 4.74 Å². The third-order valence-corrected chi connectivity index (χ3v) is 4.09. The molecule has 4 heteroatoms. The second-order valence-electron chi connectivity index (χ2n) is 6.31. The first-order valence-electron chi connectivity index (χ1n) is 6.77. The van der Waals surface area contributed by atoms with Gasteiger partial charge in [0.15, 0.2) is 0 Å². The Morgan fingerprint density at radius 3 is 2.89 bits per heavy atom. The molecule has 0 aromatic heterocycles. The van der Waals surface area contributed by atoms with Gasteiger partial charge in [0.05, 0.1) is 12.2 Å². The molecule has 1 aromatic rings. The molecular weight excluding hydrogens is 245 g/mol. The van der Waals surface area contributed by atoms with Crippen molar-refractivity contribution in [2.75, 3.05) is 6.61 Å². The zero-order valence-corrected chi connectivity index (χ0v) is 11.4. The van der Waals surface area contributed by atoms with Gasteiger partial charge in [-0.05, 0) is 32.0 Å². The molecule has 0 aliphatic carbocycles. The first-order valence-corrected chi connectivity index (χ1v) is 6.77. The molecule has 19 heavy (non-hydrogen) atoms. The van der Waals surface area contributed by atoms with Gasteiger partial charge in [0, 0.05) is 30.9 Å². The van der Waals surface area contributed by atoms with Crippen LogP contribution in [0.4, 0.5) is 4.39 Å². The van der Waals surface area contributed by atoms with Gasteiger partial charge in [0.1, 0.15) is 17.2 Å². The molecule has 0 radical (unpaired) electrons. The normalized spacial score (nSPS) is 32.7. The number of benzene rings is 1. The van der Waals surface area contributed by atoms with Crippen LogP contribution in [0.5, 0.6) is 5.75 Å². The Morgan fingerprint density at radius 2 is 2.16 bits per heavy atom. The highest BCUT2D eigenvalue weighted by Crippen LogP contribution is 2.46. The van der Waals surface area contributed by atoms with Gasteiger partial charge in [-0.3, -0.25) is 0 Å². The third kappa shape index (κ3) is 2.35. The summed E-state index contributed by atoms with van der Waals surface area (Å²) in [6.45, 7) is 4.82. The Balaban J connectivity index is 1.94. The van der Waals surface area contributed by atoms with Gasteiger partial charge in [-0.2, -0.15) is 0 Å². The fourth-order valence-electron chi connectivity index (χ4n) is 3.38. The van der Waals surface area contributed by atoms with Gasteiger partial charge < -0.3 is 15.2 Å². The van der Waals surface area contributed by atoms with E-state index < -0.39 is 0 Å². The molecule has 0 bridgehead atoms. The molecule has 104 valence electrons. The first kappa shape index (κ1) is 12.9. The lowest BCUT2D eigenvalue weighted by Crippen LogP contribution is -2.52. The van der Waals surface area contributed by atoms with E-state index in [4.69, 9.17) is 15.2 Å². The topological polar surface area (TPSA) is 44.5 Å². The highest BCUT2D eigenvalue weighted by molar-refractivity contribution is 5.39. The summed E-state index contributed by atoms with van der Waals surface area (Å²) in [5.74, 6) is 0.457. The number of rotatable bonds is 0. The van der Waals surface area contributed by atoms with E-state index in [2.05, 4.69) is 13.8 Å². The molecule has 2 atom stereocenters. The average Bonchev–Trinajstić information content (AvgIpc) is 2.29. The van der Waals surface area contributed by atoms with Crippen LogP contribution in [0.25, 0.3) is 0 Å². The van der Waals surface area contributed by atoms with Gasteiger partial charge >= 0.3 is 0 Å². The number of halogens is 1. The van der Waals surface area contributed by atoms with E-state index in [-0.39, 0.29) is 23.1 Å². The highest BCUT2D eigenvalue weighted by atomic mass is 19.1. The number of ether oxygens (including phenoxy) is 2. The number of hydrogen-bond donors (Lipinski definition) is 1. The molecule has 2 aliphatic rings. The summed E-state index contributed by atoms with van der Waals surface area (Å²) in [4.78, 5) is 0. The van der Waals surface area contributed by atoms with Crippen molar-refractivity contribution in [2.45, 2.75) is 50.4 Å². The highest BCUT2D eigenvalue weighted by Gasteiger charge is 2.46. The standard InChI is InChI=1S/C15H20FNO2/c1-14(2)9-15(5-6-18-14)8-12(17)11-7-10(16)3-4-13(11)19-15/h3-4,7,12H,5-6,8-9,17H2,1-2H3. The second-order valence-corrected chi connectivity index (χ2v) is 6.31. The Kier molecular flexibility index (Phi) is 2.84. The summed E-state index contributed by atoms with van der Waals surface area (Å²) < 4.78 is 25.2. The monoisotopic (exact) mass is 265 g/mol. The van der Waals surface area contributed by atoms with Crippen molar-refractivity contribution in [3.05, 3.63) is 29.6 Å². The molecule has 3 nitrogen and oxygen atoms in total. The van der Waals surface area contributed by atoms with E-state index in [0.29, 0.717) is 6.61 Å². The summed E-state index contributed by atoms with van der Waals surface area (Å²) in [6, 6.07) is 4.42. The van der Waals surface area contributed by atoms with E-state index in [0.717, 1.165) is 30.6 Å². The lowest BCUT2D eigenvalue weighted by atomic mass is 9.77. The van der Waals surface area contributed by atoms with Gasteiger partial charge in [0.2, 0.25) is 0 Å². The van der Waals surface area contributed by atoms with Crippen molar-refractivity contribution < 1.29 is 13.9 Å². The van der Waals surface area contributed by atoms with Crippen LogP contribution < -0.4 is 10.5 Å². The van der Waals surface area contributed by atoms with Crippen LogP contribution in [0.2, 0.25) is 0 Å². The minimum atomic E-state index is -0.272. The summed E-state index contributed by atoms with van der Waals surface area (Å²) in [7, 11) is 0.